The number of H-pyrrole nitrogens is 1. The maximum atomic E-state index is 13.8. The van der Waals surface area contributed by atoms with Gasteiger partial charge in [-0.2, -0.15) is 0 Å². The van der Waals surface area contributed by atoms with Crippen molar-refractivity contribution >= 4 is 58.6 Å². The number of hydrogen-bond donors (Lipinski definition) is 5. The number of likely N-dealkylation sites (tertiary alicyclic amines) is 1. The van der Waals surface area contributed by atoms with Gasteiger partial charge in [-0.25, -0.2) is 4.98 Å². The van der Waals surface area contributed by atoms with Crippen LogP contribution in [0.3, 0.4) is 0 Å². The molecule has 3 aromatic carbocycles. The van der Waals surface area contributed by atoms with Gasteiger partial charge in [0.1, 0.15) is 53.5 Å². The van der Waals surface area contributed by atoms with Crippen molar-refractivity contribution in [2.75, 3.05) is 69.2 Å². The van der Waals surface area contributed by atoms with E-state index in [1.54, 1.807) is 41.6 Å². The van der Waals surface area contributed by atoms with E-state index in [1.807, 2.05) is 49.4 Å². The van der Waals surface area contributed by atoms with Crippen molar-refractivity contribution < 1.29 is 38.6 Å². The Hall–Kier alpha value is -7.28. The number of imide groups is 2. The standard InChI is InChI=1S/C50H53ClN10O8/c1-2-53-46-43(38(28-55-46)44(63)36-14-12-34(26-39(36)51)69-32-8-4-3-5-9-32)45(52)56-31-7-6-18-60(29-31)48(65)30-10-16-41(54-27-30)59-21-19-58(20-22-59)23-24-68-33-11-13-35-37(25-33)50(67)61(49(35)66)40-15-17-42(62)57-47(40)64/h3-5,8-14,16,25-28,31,40,44,53,55,63H,2,6-7,15,17-24,29H2,1H3,(H2,52,56)(H,57,62,64)/t31-,40?,44?/m1/s1. The van der Waals surface area contributed by atoms with Crippen LogP contribution in [0.4, 0.5) is 11.6 Å². The molecule has 0 radical (unpaired) electrons. The Bertz CT molecular complexity index is 2780. The van der Waals surface area contributed by atoms with Crippen LogP contribution in [0.25, 0.3) is 0 Å². The normalized spacial score (nSPS) is 19.3. The molecule has 69 heavy (non-hydrogen) atoms. The quantitative estimate of drug-likeness (QED) is 0.0531. The van der Waals surface area contributed by atoms with Gasteiger partial charge >= 0.3 is 0 Å². The first-order valence-corrected chi connectivity index (χ1v) is 23.5. The molecule has 9 rings (SSSR count). The largest absolute Gasteiger partial charge is 0.492 e. The van der Waals surface area contributed by atoms with E-state index in [4.69, 9.17) is 31.8 Å². The van der Waals surface area contributed by atoms with Crippen LogP contribution >= 0.6 is 11.6 Å². The van der Waals surface area contributed by atoms with Crippen LogP contribution in [0.2, 0.25) is 5.02 Å². The maximum Gasteiger partial charge on any atom is 0.262 e. The van der Waals surface area contributed by atoms with Gasteiger partial charge in [0.25, 0.3) is 17.7 Å². The van der Waals surface area contributed by atoms with E-state index >= 15 is 0 Å². The Morgan fingerprint density at radius 2 is 1.71 bits per heavy atom. The van der Waals surface area contributed by atoms with Gasteiger partial charge in [-0.3, -0.25) is 44.1 Å². The van der Waals surface area contributed by atoms with E-state index in [0.29, 0.717) is 83.1 Å². The smallest absolute Gasteiger partial charge is 0.262 e. The minimum atomic E-state index is -1.13. The number of halogens is 1. The summed E-state index contributed by atoms with van der Waals surface area (Å²) in [5.41, 5.74) is 9.14. The Kier molecular flexibility index (Phi) is 13.9. The highest BCUT2D eigenvalue weighted by molar-refractivity contribution is 6.31. The first-order chi connectivity index (χ1) is 33.4. The highest BCUT2D eigenvalue weighted by atomic mass is 35.5. The number of pyridine rings is 1. The molecule has 0 saturated carbocycles. The van der Waals surface area contributed by atoms with Crippen molar-refractivity contribution in [1.29, 1.82) is 0 Å². The molecule has 0 aliphatic carbocycles. The number of nitrogens with one attached hydrogen (secondary N) is 3. The van der Waals surface area contributed by atoms with Crippen LogP contribution in [-0.4, -0.2) is 136 Å². The first kappa shape index (κ1) is 46.8. The predicted molar refractivity (Wildman–Crippen MR) is 258 cm³/mol. The summed E-state index contributed by atoms with van der Waals surface area (Å²) in [4.78, 5) is 84.1. The Labute approximate surface area is 403 Å². The van der Waals surface area contributed by atoms with Gasteiger partial charge in [-0.05, 0) is 80.8 Å². The predicted octanol–water partition coefficient (Wildman–Crippen LogP) is 4.98. The molecule has 4 aliphatic rings. The molecule has 3 atom stereocenters. The van der Waals surface area contributed by atoms with Crippen molar-refractivity contribution in [3.8, 4) is 17.2 Å². The average molecular weight is 957 g/mol. The van der Waals surface area contributed by atoms with Gasteiger partial charge in [0.2, 0.25) is 11.8 Å². The lowest BCUT2D eigenvalue weighted by molar-refractivity contribution is -0.136. The number of amidine groups is 1. The van der Waals surface area contributed by atoms with Crippen LogP contribution in [0.1, 0.15) is 86.5 Å². The Morgan fingerprint density at radius 3 is 2.45 bits per heavy atom. The third kappa shape index (κ3) is 10.1. The number of amides is 5. The number of fused-ring (bicyclic) bond motifs is 1. The topological polar surface area (TPSA) is 228 Å². The summed E-state index contributed by atoms with van der Waals surface area (Å²) in [6.45, 7) is 7.44. The molecule has 19 heteroatoms. The number of benzene rings is 3. The second-order valence-corrected chi connectivity index (χ2v) is 17.7. The zero-order chi connectivity index (χ0) is 48.2. The van der Waals surface area contributed by atoms with Crippen molar-refractivity contribution in [2.45, 2.75) is 50.8 Å². The molecule has 0 spiro atoms. The zero-order valence-corrected chi connectivity index (χ0v) is 38.8. The van der Waals surface area contributed by atoms with E-state index in [2.05, 4.69) is 30.4 Å². The number of nitrogens with zero attached hydrogens (tertiary/aromatic N) is 6. The minimum Gasteiger partial charge on any atom is -0.492 e. The van der Waals surface area contributed by atoms with Crippen molar-refractivity contribution in [3.63, 3.8) is 0 Å². The third-order valence-electron chi connectivity index (χ3n) is 12.8. The molecule has 3 saturated heterocycles. The summed E-state index contributed by atoms with van der Waals surface area (Å²) in [6, 6.07) is 21.6. The molecular weight excluding hydrogens is 904 g/mol. The summed E-state index contributed by atoms with van der Waals surface area (Å²) >= 11 is 6.71. The van der Waals surface area contributed by atoms with Gasteiger partial charge in [0.15, 0.2) is 0 Å². The molecule has 5 aromatic rings. The number of carbonyl (C=O) groups excluding carboxylic acids is 5. The van der Waals surface area contributed by atoms with E-state index in [1.165, 1.54) is 12.1 Å². The van der Waals surface area contributed by atoms with E-state index in [9.17, 15) is 29.1 Å². The fourth-order valence-electron chi connectivity index (χ4n) is 9.25. The second-order valence-electron chi connectivity index (χ2n) is 17.3. The summed E-state index contributed by atoms with van der Waals surface area (Å²) in [6.07, 6.45) is 3.81. The van der Waals surface area contributed by atoms with Gasteiger partial charge < -0.3 is 40.4 Å². The number of piperidine rings is 2. The lowest BCUT2D eigenvalue weighted by atomic mass is 9.99. The highest BCUT2D eigenvalue weighted by Crippen LogP contribution is 2.36. The molecule has 5 amide bonds. The molecular formula is C50H53ClN10O8. The average Bonchev–Trinajstić information content (AvgIpc) is 3.89. The lowest BCUT2D eigenvalue weighted by Crippen LogP contribution is -2.54. The van der Waals surface area contributed by atoms with Crippen LogP contribution in [0, 0.1) is 0 Å². The number of aliphatic imine (C=N–C) groups is 1. The Morgan fingerprint density at radius 1 is 0.928 bits per heavy atom. The zero-order valence-electron chi connectivity index (χ0n) is 38.0. The Balaban J connectivity index is 0.765. The van der Waals surface area contributed by atoms with Crippen molar-refractivity contribution in [2.24, 2.45) is 10.7 Å². The number of hydrogen-bond acceptors (Lipinski definition) is 13. The molecule has 358 valence electrons. The van der Waals surface area contributed by atoms with Crippen LogP contribution in [-0.2, 0) is 9.59 Å². The number of para-hydroxylation sites is 1. The number of nitrogens with two attached hydrogens (primary N) is 1. The highest BCUT2D eigenvalue weighted by Gasteiger charge is 2.45. The first-order valence-electron chi connectivity index (χ1n) is 23.2. The fraction of sp³-hybridized carbons (Fsp3) is 0.340. The summed E-state index contributed by atoms with van der Waals surface area (Å²) in [7, 11) is 0. The van der Waals surface area contributed by atoms with E-state index in [0.717, 1.165) is 49.7 Å². The maximum absolute atomic E-state index is 13.8. The van der Waals surface area contributed by atoms with Crippen molar-refractivity contribution in [3.05, 3.63) is 130 Å². The number of ether oxygens (including phenoxy) is 2. The molecule has 6 heterocycles. The monoisotopic (exact) mass is 956 g/mol. The number of aromatic amines is 1. The third-order valence-corrected chi connectivity index (χ3v) is 13.2. The number of rotatable bonds is 15. The lowest BCUT2D eigenvalue weighted by Gasteiger charge is -2.35. The van der Waals surface area contributed by atoms with Gasteiger partial charge in [0.05, 0.1) is 33.3 Å². The number of piperazine rings is 1. The number of aliphatic hydroxyl groups excluding tert-OH is 1. The minimum absolute atomic E-state index is 0.0538. The molecule has 3 fully saturated rings. The second kappa shape index (κ2) is 20.5. The van der Waals surface area contributed by atoms with Crippen LogP contribution < -0.4 is 30.7 Å². The number of aromatic nitrogens is 2. The summed E-state index contributed by atoms with van der Waals surface area (Å²) in [5.74, 6) is 0.916. The summed E-state index contributed by atoms with van der Waals surface area (Å²) < 4.78 is 11.9. The molecule has 18 nitrogen and oxygen atoms in total. The molecule has 0 bridgehead atoms. The summed E-state index contributed by atoms with van der Waals surface area (Å²) in [5, 5.41) is 17.5. The fourth-order valence-corrected chi connectivity index (χ4v) is 9.53. The van der Waals surface area contributed by atoms with Gasteiger partial charge in [-0.1, -0.05) is 35.9 Å². The van der Waals surface area contributed by atoms with E-state index < -0.39 is 35.8 Å². The van der Waals surface area contributed by atoms with Gasteiger partial charge in [0, 0.05) is 82.3 Å². The van der Waals surface area contributed by atoms with Crippen LogP contribution in [0.15, 0.2) is 96.2 Å². The molecule has 6 N–H and O–H groups in total. The molecule has 2 unspecified atom stereocenters. The SMILES string of the molecule is CCNc1[nH]cc(C(O)c2ccc(Oc3ccccc3)cc2Cl)c1C(N)=N[C@@H]1CCCN(C(=O)c2ccc(N3CCN(CCOc4ccc5c(c4)C(=O)N(C4CCC(=O)NC4=O)C5=O)CC3)nc2)C1. The van der Waals surface area contributed by atoms with Gasteiger partial charge in [-0.15, -0.1) is 0 Å². The number of anilines is 2. The number of carbonyl (C=O) groups is 5. The molecule has 4 aliphatic heterocycles. The van der Waals surface area contributed by atoms with E-state index in [-0.39, 0.29) is 41.8 Å². The van der Waals surface area contributed by atoms with Crippen molar-refractivity contribution in [1.82, 2.24) is 30.0 Å². The number of aliphatic hydroxyl groups is 1. The molecule has 2 aromatic heterocycles. The van der Waals surface area contributed by atoms with Crippen LogP contribution in [0.5, 0.6) is 17.2 Å².